The molecule has 0 aromatic rings. The summed E-state index contributed by atoms with van der Waals surface area (Å²) in [7, 11) is -3.66. The van der Waals surface area contributed by atoms with E-state index in [4.69, 9.17) is 14.4 Å². The Morgan fingerprint density at radius 3 is 2.26 bits per heavy atom. The maximum atomic E-state index is 10.9. The number of carbonyl (C=O) groups excluding carboxylic acids is 1. The van der Waals surface area contributed by atoms with Crippen molar-refractivity contribution in [3.05, 3.63) is 12.2 Å². The Morgan fingerprint density at radius 1 is 1.30 bits per heavy atom. The van der Waals surface area contributed by atoms with Crippen molar-refractivity contribution in [2.45, 2.75) is 43.2 Å². The standard InChI is InChI=1S/C11H18O4.C3H7O3S.Na/c1-3-5-7-9(11(13)14)8-15-10(12)6-4-2;1-2-3-7(4,5)6;/h4,6,9H,3,5,7-8H2,1-2H3,(H,13,14);1-3H2,(H,4,5,6);. The van der Waals surface area contributed by atoms with Crippen LogP contribution in [0.5, 0.6) is 0 Å². The summed E-state index contributed by atoms with van der Waals surface area (Å²) in [5, 5.41) is 8.83. The van der Waals surface area contributed by atoms with Crippen molar-refractivity contribution in [1.29, 1.82) is 0 Å². The van der Waals surface area contributed by atoms with Gasteiger partial charge in [0.05, 0.1) is 5.92 Å². The van der Waals surface area contributed by atoms with E-state index >= 15 is 0 Å². The SMILES string of the molecule is CC=CC(=O)OCC(CCCC)C(=O)O.O=S(=O)(O)CC[CH2][Na]. The number of carbonyl (C=O) groups is 2. The number of hydrogen-bond donors (Lipinski definition) is 2. The van der Waals surface area contributed by atoms with Crippen molar-refractivity contribution in [2.75, 3.05) is 12.4 Å². The van der Waals surface area contributed by atoms with E-state index in [-0.39, 0.29) is 12.4 Å². The molecular weight excluding hydrogens is 335 g/mol. The molecule has 0 fully saturated rings. The first-order chi connectivity index (χ1) is 10.7. The van der Waals surface area contributed by atoms with Crippen LogP contribution in [0.25, 0.3) is 0 Å². The molecule has 0 aliphatic heterocycles. The topological polar surface area (TPSA) is 118 Å². The summed E-state index contributed by atoms with van der Waals surface area (Å²) in [5.74, 6) is -2.05. The number of unbranched alkanes of at least 4 members (excludes halogenated alkanes) is 1. The van der Waals surface area contributed by atoms with Crippen LogP contribution in [0, 0.1) is 5.92 Å². The summed E-state index contributed by atoms with van der Waals surface area (Å²) in [6.07, 6.45) is 5.76. The molecular formula is C14H25NaO7S. The number of hydrogen-bond acceptors (Lipinski definition) is 5. The van der Waals surface area contributed by atoms with Crippen LogP contribution in [0.15, 0.2) is 12.2 Å². The van der Waals surface area contributed by atoms with Crippen molar-refractivity contribution in [2.24, 2.45) is 5.92 Å². The van der Waals surface area contributed by atoms with Gasteiger partial charge in [-0.15, -0.1) is 0 Å². The van der Waals surface area contributed by atoms with Gasteiger partial charge >= 0.3 is 78.8 Å². The van der Waals surface area contributed by atoms with Crippen LogP contribution in [0.3, 0.4) is 0 Å². The van der Waals surface area contributed by atoms with Gasteiger partial charge in [0.2, 0.25) is 0 Å². The number of allylic oxidation sites excluding steroid dienone is 1. The van der Waals surface area contributed by atoms with E-state index in [0.29, 0.717) is 12.8 Å². The second-order valence-corrected chi connectivity index (χ2v) is 7.52. The summed E-state index contributed by atoms with van der Waals surface area (Å²) >= 11 is 1.01. The van der Waals surface area contributed by atoms with Gasteiger partial charge in [-0.2, -0.15) is 0 Å². The monoisotopic (exact) mass is 360 g/mol. The molecule has 0 heterocycles. The Kier molecular flexibility index (Phi) is 16.3. The summed E-state index contributed by atoms with van der Waals surface area (Å²) in [5.41, 5.74) is 0. The first-order valence-electron chi connectivity index (χ1n) is 7.65. The third kappa shape index (κ3) is 19.5. The molecule has 7 nitrogen and oxygen atoms in total. The van der Waals surface area contributed by atoms with E-state index < -0.39 is 28.0 Å². The van der Waals surface area contributed by atoms with Gasteiger partial charge in [0.1, 0.15) is 6.61 Å². The quantitative estimate of drug-likeness (QED) is 0.264. The van der Waals surface area contributed by atoms with E-state index in [9.17, 15) is 18.0 Å². The van der Waals surface area contributed by atoms with Gasteiger partial charge in [-0.3, -0.25) is 4.79 Å². The Bertz CT molecular complexity index is 460. The molecule has 23 heavy (non-hydrogen) atoms. The third-order valence-corrected chi connectivity index (χ3v) is 4.25. The maximum absolute atomic E-state index is 10.9. The zero-order valence-electron chi connectivity index (χ0n) is 14.0. The molecule has 0 amide bonds. The van der Waals surface area contributed by atoms with Crippen molar-refractivity contribution in [1.82, 2.24) is 0 Å². The van der Waals surface area contributed by atoms with Crippen LogP contribution in [0.4, 0.5) is 0 Å². The van der Waals surface area contributed by atoms with Crippen LogP contribution in [-0.2, 0) is 24.4 Å². The molecule has 1 atom stereocenters. The van der Waals surface area contributed by atoms with Gasteiger partial charge in [-0.25, -0.2) is 4.79 Å². The molecule has 9 heteroatoms. The second-order valence-electron chi connectivity index (χ2n) is 4.95. The first kappa shape index (κ1) is 24.8. The first-order valence-corrected chi connectivity index (χ1v) is 10.7. The molecule has 0 aromatic heterocycles. The van der Waals surface area contributed by atoms with E-state index in [1.165, 1.54) is 6.08 Å². The molecule has 0 bridgehead atoms. The molecule has 130 valence electrons. The predicted molar refractivity (Wildman–Crippen MR) is 88.0 cm³/mol. The number of carboxylic acids is 1. The van der Waals surface area contributed by atoms with Gasteiger partial charge in [0.25, 0.3) is 0 Å². The molecule has 0 radical (unpaired) electrons. The molecule has 2 N–H and O–H groups in total. The van der Waals surface area contributed by atoms with Crippen LogP contribution in [0.2, 0.25) is 3.67 Å². The van der Waals surface area contributed by atoms with Crippen LogP contribution in [0.1, 0.15) is 39.5 Å². The van der Waals surface area contributed by atoms with Crippen molar-refractivity contribution in [3.63, 3.8) is 0 Å². The number of esters is 1. The summed E-state index contributed by atoms with van der Waals surface area (Å²) in [6, 6.07) is 0. The van der Waals surface area contributed by atoms with Gasteiger partial charge in [-0.1, -0.05) is 25.8 Å². The van der Waals surface area contributed by atoms with Gasteiger partial charge in [0, 0.05) is 6.08 Å². The number of rotatable bonds is 10. The van der Waals surface area contributed by atoms with E-state index in [1.54, 1.807) is 13.0 Å². The minimum atomic E-state index is -3.66. The Morgan fingerprint density at radius 2 is 1.91 bits per heavy atom. The van der Waals surface area contributed by atoms with Crippen LogP contribution < -0.4 is 0 Å². The average Bonchev–Trinajstić information content (AvgIpc) is 2.45. The second kappa shape index (κ2) is 15.1. The van der Waals surface area contributed by atoms with Crippen LogP contribution in [-0.4, -0.2) is 70.3 Å². The van der Waals surface area contributed by atoms with Crippen molar-refractivity contribution >= 4 is 50.0 Å². The fourth-order valence-electron chi connectivity index (χ4n) is 1.42. The molecule has 0 aliphatic rings. The zero-order valence-corrected chi connectivity index (χ0v) is 16.8. The van der Waals surface area contributed by atoms with Crippen molar-refractivity contribution < 1.29 is 32.4 Å². The normalized spacial score (nSPS) is 12.4. The summed E-state index contributed by atoms with van der Waals surface area (Å²) < 4.78 is 33.8. The molecule has 1 unspecified atom stereocenters. The number of carboxylic acid groups (broad SMARTS) is 1. The molecule has 0 aliphatic carbocycles. The van der Waals surface area contributed by atoms with Gasteiger partial charge in [-0.05, 0) is 13.3 Å². The fourth-order valence-corrected chi connectivity index (χ4v) is 2.94. The molecule has 0 saturated carbocycles. The molecule has 0 spiro atoms. The summed E-state index contributed by atoms with van der Waals surface area (Å²) in [6.45, 7) is 3.65. The van der Waals surface area contributed by atoms with Gasteiger partial charge in [0.15, 0.2) is 0 Å². The number of ether oxygens (including phenoxy) is 1. The Balaban J connectivity index is 0. The Hall–Kier alpha value is -0.410. The predicted octanol–water partition coefficient (Wildman–Crippen LogP) is 1.85. The van der Waals surface area contributed by atoms with Gasteiger partial charge < -0.3 is 9.84 Å². The zero-order chi connectivity index (χ0) is 18.3. The third-order valence-electron chi connectivity index (χ3n) is 2.74. The van der Waals surface area contributed by atoms with E-state index in [1.807, 2.05) is 6.92 Å². The van der Waals surface area contributed by atoms with Crippen LogP contribution >= 0.6 is 0 Å². The molecule has 0 saturated heterocycles. The van der Waals surface area contributed by atoms with Crippen molar-refractivity contribution in [3.8, 4) is 0 Å². The number of aliphatic carboxylic acids is 1. The minimum absolute atomic E-state index is 0.0431. The fraction of sp³-hybridized carbons (Fsp3) is 0.714. The molecule has 0 aromatic carbocycles. The van der Waals surface area contributed by atoms with E-state index in [2.05, 4.69) is 0 Å². The van der Waals surface area contributed by atoms with E-state index in [0.717, 1.165) is 44.4 Å². The Labute approximate surface area is 155 Å². The average molecular weight is 360 g/mol. The molecule has 0 rings (SSSR count). The summed E-state index contributed by atoms with van der Waals surface area (Å²) in [4.78, 5) is 21.7.